The Kier molecular flexibility index (Phi) is 16.1. The third-order valence-corrected chi connectivity index (χ3v) is 27.4. The van der Waals surface area contributed by atoms with Crippen molar-refractivity contribution < 1.29 is 27.1 Å². The number of aromatic nitrogens is 8. The molecule has 10 nitrogen and oxygen atoms in total. The van der Waals surface area contributed by atoms with E-state index >= 15 is 0 Å². The maximum absolute atomic E-state index is 6.53. The molecule has 21 rings (SSSR count). The molecule has 0 aliphatic rings. The van der Waals surface area contributed by atoms with Crippen molar-refractivity contribution in [1.29, 1.82) is 0 Å². The average Bonchev–Trinajstić information content (AvgIpc) is 1.60. The van der Waals surface area contributed by atoms with Crippen molar-refractivity contribution in [3.05, 3.63) is 265 Å². The number of hydrogen-bond acceptors (Lipinski definition) is 11. The molecule has 0 saturated heterocycles. The number of nitrogens with zero attached hydrogens (tertiary/aromatic N) is 8. The second-order valence-corrected chi connectivity index (χ2v) is 33.0. The first kappa shape index (κ1) is 64.4. The summed E-state index contributed by atoms with van der Waals surface area (Å²) in [5, 5.41) is 11.6. The molecule has 0 saturated carbocycles. The van der Waals surface area contributed by atoms with Crippen LogP contribution in [0.15, 0.2) is 240 Å². The second-order valence-electron chi connectivity index (χ2n) is 26.5. The SMILES string of the molecule is Cc1cc2c(cc1-c1nccc[n+]1C)sc1c3ccccc3sc21.Cc1ccc2c(sc3c4ccccc4sc23)c1-c1nccc[n+]1C.Cc1ccc2c(sc3sc4ccccc4c32)c1-c1nccc[n+]1C.Cc1cccc(C)c1-n1cc[n+](C)c1-c1c(C)ccc2c1oc1c3ccccc3oc21. The van der Waals surface area contributed by atoms with Crippen molar-refractivity contribution >= 4 is 190 Å². The summed E-state index contributed by atoms with van der Waals surface area (Å²) in [6.07, 6.45) is 16.0. The molecule has 0 unspecified atom stereocenters. The molecule has 16 heteroatoms. The third kappa shape index (κ3) is 10.7. The monoisotopic (exact) mass is 1450 g/mol. The largest absolute Gasteiger partial charge is 0.452 e. The summed E-state index contributed by atoms with van der Waals surface area (Å²) >= 11 is 11.4. The summed E-state index contributed by atoms with van der Waals surface area (Å²) in [5.74, 6) is 4.15. The highest BCUT2D eigenvalue weighted by Gasteiger charge is 2.30. The van der Waals surface area contributed by atoms with Crippen LogP contribution in [0.5, 0.6) is 0 Å². The molecule has 21 aromatic rings. The van der Waals surface area contributed by atoms with E-state index in [1.807, 2.05) is 136 Å². The number of thiophene rings is 6. The van der Waals surface area contributed by atoms with Crippen molar-refractivity contribution in [2.75, 3.05) is 0 Å². The molecule has 12 heterocycles. The van der Waals surface area contributed by atoms with E-state index in [9.17, 15) is 0 Å². The zero-order valence-electron chi connectivity index (χ0n) is 58.3. The van der Waals surface area contributed by atoms with Gasteiger partial charge in [0, 0.05) is 74.7 Å². The summed E-state index contributed by atoms with van der Waals surface area (Å²) in [6, 6.07) is 64.3. The van der Waals surface area contributed by atoms with Crippen LogP contribution in [0.25, 0.3) is 173 Å². The van der Waals surface area contributed by atoms with E-state index in [2.05, 4.69) is 271 Å². The van der Waals surface area contributed by atoms with Gasteiger partial charge in [-0.1, -0.05) is 115 Å². The number of hydrogen-bond donors (Lipinski definition) is 0. The Hall–Kier alpha value is -10.7. The highest BCUT2D eigenvalue weighted by atomic mass is 32.2. The van der Waals surface area contributed by atoms with Crippen LogP contribution in [0.3, 0.4) is 0 Å². The molecule has 500 valence electrons. The van der Waals surface area contributed by atoms with E-state index in [1.165, 1.54) is 139 Å². The highest BCUT2D eigenvalue weighted by Crippen LogP contribution is 2.50. The van der Waals surface area contributed by atoms with Crippen molar-refractivity contribution in [3.63, 3.8) is 0 Å². The van der Waals surface area contributed by atoms with E-state index in [0.29, 0.717) is 0 Å². The summed E-state index contributed by atoms with van der Waals surface area (Å²) in [7, 11) is 8.25. The molecule has 0 aliphatic heterocycles. The van der Waals surface area contributed by atoms with Crippen molar-refractivity contribution in [1.82, 2.24) is 19.5 Å². The summed E-state index contributed by atoms with van der Waals surface area (Å²) in [4.78, 5) is 13.9. The van der Waals surface area contributed by atoms with Crippen LogP contribution in [0.4, 0.5) is 0 Å². The summed E-state index contributed by atoms with van der Waals surface area (Å²) in [6.45, 7) is 13.0. The van der Waals surface area contributed by atoms with Crippen LogP contribution in [-0.2, 0) is 28.2 Å². The average molecular weight is 1450 g/mol. The number of benzene rings is 9. The molecule has 0 N–H and O–H groups in total. The minimum atomic E-state index is 0.810. The summed E-state index contributed by atoms with van der Waals surface area (Å²) in [5.41, 5.74) is 16.8. The van der Waals surface area contributed by atoms with Crippen LogP contribution in [0.2, 0.25) is 0 Å². The van der Waals surface area contributed by atoms with Gasteiger partial charge < -0.3 is 8.83 Å². The molecule has 0 aliphatic carbocycles. The lowest BCUT2D eigenvalue weighted by Gasteiger charge is -2.10. The lowest BCUT2D eigenvalue weighted by atomic mass is 10.0. The van der Waals surface area contributed by atoms with Crippen LogP contribution < -0.4 is 18.3 Å². The lowest BCUT2D eigenvalue weighted by Crippen LogP contribution is -2.31. The molecule has 103 heavy (non-hydrogen) atoms. The van der Waals surface area contributed by atoms with E-state index in [1.54, 1.807) is 0 Å². The zero-order valence-corrected chi connectivity index (χ0v) is 63.2. The first-order valence-corrected chi connectivity index (χ1v) is 39.1. The van der Waals surface area contributed by atoms with Gasteiger partial charge in [-0.25, -0.2) is 18.3 Å². The van der Waals surface area contributed by atoms with Gasteiger partial charge in [-0.05, 0) is 138 Å². The molecular formula is C87H68N8O2S6+4. The minimum absolute atomic E-state index is 0.810. The third-order valence-electron chi connectivity index (χ3n) is 19.8. The van der Waals surface area contributed by atoms with Gasteiger partial charge in [0.2, 0.25) is 0 Å². The number of para-hydroxylation sites is 2. The van der Waals surface area contributed by atoms with Gasteiger partial charge in [-0.15, -0.1) is 68.0 Å². The van der Waals surface area contributed by atoms with Gasteiger partial charge in [-0.2, -0.15) is 4.57 Å². The summed E-state index contributed by atoms with van der Waals surface area (Å²) < 4.78 is 38.6. The van der Waals surface area contributed by atoms with E-state index in [0.717, 1.165) is 67.5 Å². The molecular weight excluding hydrogens is 1380 g/mol. The molecule has 9 aromatic carbocycles. The van der Waals surface area contributed by atoms with Crippen LogP contribution in [-0.4, -0.2) is 19.5 Å². The highest BCUT2D eigenvalue weighted by molar-refractivity contribution is 7.45. The Morgan fingerprint density at radius 3 is 1.46 bits per heavy atom. The standard InChI is InChI=1S/C27H23N2O2.3C20H15N2S2/c1-16-12-13-20-24(31-25-19-10-5-6-11-21(19)30-26(20)25)22(16)27-28(4)14-15-29(27)23-17(2)8-7-9-18(23)3;1-12-8-9-14-17(16(12)20-21-10-5-11-22(20)2)24-18-13-6-3-4-7-15(13)23-19(14)18;1-12-8-9-14-17-13-6-3-4-7-15(13)23-20(17)24-18(14)16(12)19-21-10-5-11-22(19)2;1-12-10-15-17(11-14(12)20-21-8-5-9-22(20)2)24-18-13-6-3-4-7-16(13)23-19(15)18/h5-15H,1-4H3;3*3-11H,1-2H3/q4*+1. The van der Waals surface area contributed by atoms with Gasteiger partial charge in [-0.3, -0.25) is 0 Å². The second kappa shape index (κ2) is 25.7. The fraction of sp³-hybridized carbons (Fsp3) is 0.115. The Labute approximate surface area is 617 Å². The van der Waals surface area contributed by atoms with E-state index < -0.39 is 0 Å². The normalized spacial score (nSPS) is 11.8. The van der Waals surface area contributed by atoms with Gasteiger partial charge in [0.25, 0.3) is 5.82 Å². The maximum Gasteiger partial charge on any atom is 0.331 e. The van der Waals surface area contributed by atoms with Gasteiger partial charge in [0.05, 0.1) is 106 Å². The zero-order chi connectivity index (χ0) is 70.1. The molecule has 0 spiro atoms. The Balaban J connectivity index is 0.0000000987. The number of aryl methyl sites for hydroxylation is 10. The number of furan rings is 2. The van der Waals surface area contributed by atoms with Crippen molar-refractivity contribution in [3.8, 4) is 51.2 Å². The lowest BCUT2D eigenvalue weighted by molar-refractivity contribution is -0.663. The van der Waals surface area contributed by atoms with Crippen LogP contribution in [0, 0.1) is 41.5 Å². The van der Waals surface area contributed by atoms with E-state index in [-0.39, 0.29) is 0 Å². The van der Waals surface area contributed by atoms with Crippen LogP contribution in [0.1, 0.15) is 33.4 Å². The van der Waals surface area contributed by atoms with Gasteiger partial charge in [0.15, 0.2) is 16.7 Å². The number of rotatable bonds is 5. The number of fused-ring (bicyclic) bond motifs is 20. The fourth-order valence-electron chi connectivity index (χ4n) is 14.8. The fourth-order valence-corrected chi connectivity index (χ4v) is 23.1. The predicted octanol–water partition coefficient (Wildman–Crippen LogP) is 22.9. The van der Waals surface area contributed by atoms with Crippen molar-refractivity contribution in [2.24, 2.45) is 28.2 Å². The van der Waals surface area contributed by atoms with E-state index in [4.69, 9.17) is 8.83 Å². The molecule has 0 radical (unpaired) electrons. The van der Waals surface area contributed by atoms with Crippen LogP contribution >= 0.6 is 68.0 Å². The maximum atomic E-state index is 6.53. The molecule has 0 amide bonds. The first-order chi connectivity index (χ1) is 50.2. The van der Waals surface area contributed by atoms with Gasteiger partial charge >= 0.3 is 17.5 Å². The Morgan fingerprint density at radius 1 is 0.330 bits per heavy atom. The van der Waals surface area contributed by atoms with Crippen molar-refractivity contribution in [2.45, 2.75) is 41.5 Å². The smallest absolute Gasteiger partial charge is 0.331 e. The molecule has 12 aromatic heterocycles. The minimum Gasteiger partial charge on any atom is -0.452 e. The molecule has 0 atom stereocenters. The Bertz CT molecular complexity index is 6900. The molecule has 0 fully saturated rings. The number of imidazole rings is 1. The topological polar surface area (TPSA) is 85.4 Å². The predicted molar refractivity (Wildman–Crippen MR) is 435 cm³/mol. The first-order valence-electron chi connectivity index (χ1n) is 34.2. The quantitative estimate of drug-likeness (QED) is 0.160. The Morgan fingerprint density at radius 2 is 0.825 bits per heavy atom. The molecule has 0 bridgehead atoms. The van der Waals surface area contributed by atoms with Gasteiger partial charge in [0.1, 0.15) is 47.8 Å².